The molecule has 0 heterocycles. The number of halogens is 1. The van der Waals surface area contributed by atoms with Crippen LogP contribution in [0.4, 0.5) is 4.39 Å². The van der Waals surface area contributed by atoms with Crippen LogP contribution in [-0.2, 0) is 6.54 Å². The van der Waals surface area contributed by atoms with Gasteiger partial charge in [0.1, 0.15) is 5.75 Å². The highest BCUT2D eigenvalue weighted by Gasteiger charge is 2.10. The smallest absolute Gasteiger partial charge is 0.167 e. The third-order valence-corrected chi connectivity index (χ3v) is 3.04. The van der Waals surface area contributed by atoms with E-state index in [1.54, 1.807) is 12.1 Å². The minimum Gasteiger partial charge on any atom is -0.454 e. The second-order valence-electron chi connectivity index (χ2n) is 4.76. The van der Waals surface area contributed by atoms with Gasteiger partial charge in [-0.3, -0.25) is 0 Å². The van der Waals surface area contributed by atoms with Crippen LogP contribution >= 0.6 is 0 Å². The van der Waals surface area contributed by atoms with E-state index in [1.807, 2.05) is 24.3 Å². The first-order valence-corrected chi connectivity index (χ1v) is 6.37. The van der Waals surface area contributed by atoms with Gasteiger partial charge >= 0.3 is 0 Å². The van der Waals surface area contributed by atoms with E-state index in [0.717, 1.165) is 0 Å². The summed E-state index contributed by atoms with van der Waals surface area (Å²) in [5.74, 6) is 0.893. The van der Waals surface area contributed by atoms with E-state index < -0.39 is 5.82 Å². The fraction of sp³-hybridized carbons (Fsp3) is 0.250. The third kappa shape index (κ3) is 3.12. The van der Waals surface area contributed by atoms with E-state index in [2.05, 4.69) is 13.8 Å². The van der Waals surface area contributed by atoms with Crippen LogP contribution in [0, 0.1) is 5.82 Å². The first-order chi connectivity index (χ1) is 9.11. The first kappa shape index (κ1) is 13.6. The standard InChI is InChI=1S/C16H18FNO/c1-11(2)12-6-8-14(9-7-12)19-16-13(10-18)4-3-5-15(16)17/h3-9,11H,10,18H2,1-2H3. The molecule has 3 heteroatoms. The molecular weight excluding hydrogens is 241 g/mol. The number of ether oxygens (including phenoxy) is 1. The maximum Gasteiger partial charge on any atom is 0.167 e. The molecule has 2 aromatic carbocycles. The van der Waals surface area contributed by atoms with E-state index in [0.29, 0.717) is 17.2 Å². The van der Waals surface area contributed by atoms with Gasteiger partial charge in [0.25, 0.3) is 0 Å². The molecule has 0 radical (unpaired) electrons. The molecule has 0 fully saturated rings. The number of hydrogen-bond donors (Lipinski definition) is 1. The summed E-state index contributed by atoms with van der Waals surface area (Å²) in [5, 5.41) is 0. The SMILES string of the molecule is CC(C)c1ccc(Oc2c(F)cccc2CN)cc1. The molecule has 0 aromatic heterocycles. The Morgan fingerprint density at radius 1 is 1.11 bits per heavy atom. The molecule has 0 unspecified atom stereocenters. The summed E-state index contributed by atoms with van der Waals surface area (Å²) in [4.78, 5) is 0. The summed E-state index contributed by atoms with van der Waals surface area (Å²) in [6.45, 7) is 4.50. The van der Waals surface area contributed by atoms with Crippen LogP contribution in [0.3, 0.4) is 0 Å². The predicted molar refractivity (Wildman–Crippen MR) is 74.9 cm³/mol. The summed E-state index contributed by atoms with van der Waals surface area (Å²) >= 11 is 0. The molecule has 100 valence electrons. The Labute approximate surface area is 113 Å². The molecule has 0 bridgehead atoms. The van der Waals surface area contributed by atoms with E-state index >= 15 is 0 Å². The molecule has 0 aliphatic heterocycles. The molecule has 0 amide bonds. The molecule has 0 saturated carbocycles. The first-order valence-electron chi connectivity index (χ1n) is 6.37. The predicted octanol–water partition coefficient (Wildman–Crippen LogP) is 4.20. The lowest BCUT2D eigenvalue weighted by atomic mass is 10.0. The zero-order valence-electron chi connectivity index (χ0n) is 11.2. The number of nitrogens with two attached hydrogens (primary N) is 1. The monoisotopic (exact) mass is 259 g/mol. The Balaban J connectivity index is 2.26. The Hall–Kier alpha value is -1.87. The highest BCUT2D eigenvalue weighted by Crippen LogP contribution is 2.29. The zero-order valence-corrected chi connectivity index (χ0v) is 11.2. The van der Waals surface area contributed by atoms with Crippen LogP contribution < -0.4 is 10.5 Å². The van der Waals surface area contributed by atoms with Crippen molar-refractivity contribution in [2.24, 2.45) is 5.73 Å². The minimum atomic E-state index is -0.393. The van der Waals surface area contributed by atoms with Gasteiger partial charge in [-0.1, -0.05) is 38.1 Å². The third-order valence-electron chi connectivity index (χ3n) is 3.04. The van der Waals surface area contributed by atoms with Crippen LogP contribution in [-0.4, -0.2) is 0 Å². The van der Waals surface area contributed by atoms with Crippen molar-refractivity contribution in [3.05, 3.63) is 59.4 Å². The van der Waals surface area contributed by atoms with E-state index in [1.165, 1.54) is 11.6 Å². The van der Waals surface area contributed by atoms with Gasteiger partial charge in [-0.25, -0.2) is 4.39 Å². The largest absolute Gasteiger partial charge is 0.454 e. The Morgan fingerprint density at radius 2 is 1.79 bits per heavy atom. The van der Waals surface area contributed by atoms with Crippen molar-refractivity contribution in [2.45, 2.75) is 26.3 Å². The number of rotatable bonds is 4. The van der Waals surface area contributed by atoms with Crippen LogP contribution in [0.1, 0.15) is 30.9 Å². The summed E-state index contributed by atoms with van der Waals surface area (Å²) in [7, 11) is 0. The Bertz CT molecular complexity index is 549. The van der Waals surface area contributed by atoms with Crippen molar-refractivity contribution in [3.63, 3.8) is 0 Å². The second kappa shape index (κ2) is 5.85. The molecule has 2 N–H and O–H groups in total. The maximum absolute atomic E-state index is 13.7. The molecule has 19 heavy (non-hydrogen) atoms. The molecule has 2 nitrogen and oxygen atoms in total. The number of benzene rings is 2. The van der Waals surface area contributed by atoms with Crippen molar-refractivity contribution in [1.29, 1.82) is 0 Å². The molecule has 0 spiro atoms. The van der Waals surface area contributed by atoms with Gasteiger partial charge in [-0.05, 0) is 29.7 Å². The molecule has 2 rings (SSSR count). The molecule has 0 saturated heterocycles. The van der Waals surface area contributed by atoms with Gasteiger partial charge < -0.3 is 10.5 Å². The van der Waals surface area contributed by atoms with Gasteiger partial charge in [0.15, 0.2) is 11.6 Å². The highest BCUT2D eigenvalue weighted by atomic mass is 19.1. The van der Waals surface area contributed by atoms with Gasteiger partial charge in [-0.15, -0.1) is 0 Å². The summed E-state index contributed by atoms with van der Waals surface area (Å²) in [5.41, 5.74) is 7.47. The zero-order chi connectivity index (χ0) is 13.8. The summed E-state index contributed by atoms with van der Waals surface area (Å²) in [6.07, 6.45) is 0. The number of hydrogen-bond acceptors (Lipinski definition) is 2. The van der Waals surface area contributed by atoms with Gasteiger partial charge in [-0.2, -0.15) is 0 Å². The Kier molecular flexibility index (Phi) is 4.17. The van der Waals surface area contributed by atoms with Crippen molar-refractivity contribution in [2.75, 3.05) is 0 Å². The molecule has 0 atom stereocenters. The average Bonchev–Trinajstić information content (AvgIpc) is 2.41. The van der Waals surface area contributed by atoms with E-state index in [9.17, 15) is 4.39 Å². The van der Waals surface area contributed by atoms with E-state index in [4.69, 9.17) is 10.5 Å². The van der Waals surface area contributed by atoms with Crippen LogP contribution in [0.2, 0.25) is 0 Å². The fourth-order valence-electron chi connectivity index (χ4n) is 1.87. The van der Waals surface area contributed by atoms with Crippen molar-refractivity contribution < 1.29 is 9.13 Å². The molecule has 0 aliphatic carbocycles. The molecule has 2 aromatic rings. The van der Waals surface area contributed by atoms with Crippen molar-refractivity contribution >= 4 is 0 Å². The second-order valence-corrected chi connectivity index (χ2v) is 4.76. The number of para-hydroxylation sites is 1. The topological polar surface area (TPSA) is 35.2 Å². The lowest BCUT2D eigenvalue weighted by Crippen LogP contribution is -2.01. The van der Waals surface area contributed by atoms with Gasteiger partial charge in [0.2, 0.25) is 0 Å². The average molecular weight is 259 g/mol. The van der Waals surface area contributed by atoms with E-state index in [-0.39, 0.29) is 12.3 Å². The maximum atomic E-state index is 13.7. The normalized spacial score (nSPS) is 10.8. The fourth-order valence-corrected chi connectivity index (χ4v) is 1.87. The van der Waals surface area contributed by atoms with Crippen LogP contribution in [0.25, 0.3) is 0 Å². The summed E-state index contributed by atoms with van der Waals surface area (Å²) in [6, 6.07) is 12.4. The lowest BCUT2D eigenvalue weighted by molar-refractivity contribution is 0.436. The Morgan fingerprint density at radius 3 is 2.37 bits per heavy atom. The van der Waals surface area contributed by atoms with Crippen LogP contribution in [0.15, 0.2) is 42.5 Å². The van der Waals surface area contributed by atoms with Crippen molar-refractivity contribution in [1.82, 2.24) is 0 Å². The molecule has 0 aliphatic rings. The van der Waals surface area contributed by atoms with Crippen molar-refractivity contribution in [3.8, 4) is 11.5 Å². The lowest BCUT2D eigenvalue weighted by Gasteiger charge is -2.12. The quantitative estimate of drug-likeness (QED) is 0.893. The van der Waals surface area contributed by atoms with Crippen LogP contribution in [0.5, 0.6) is 11.5 Å². The molecular formula is C16H18FNO. The van der Waals surface area contributed by atoms with Gasteiger partial charge in [0.05, 0.1) is 0 Å². The highest BCUT2D eigenvalue weighted by molar-refractivity contribution is 5.39. The van der Waals surface area contributed by atoms with Gasteiger partial charge in [0, 0.05) is 12.1 Å². The minimum absolute atomic E-state index is 0.210. The summed E-state index contributed by atoms with van der Waals surface area (Å²) < 4.78 is 19.4.